The SMILES string of the molecule is CNC(CCc1c(C)nn(C)c1C)c1ccc(F)cc1F. The molecule has 5 heteroatoms. The van der Waals surface area contributed by atoms with Gasteiger partial charge >= 0.3 is 0 Å². The molecule has 0 aliphatic rings. The Morgan fingerprint density at radius 3 is 2.52 bits per heavy atom. The number of rotatable bonds is 5. The van der Waals surface area contributed by atoms with E-state index in [-0.39, 0.29) is 6.04 Å². The Balaban J connectivity index is 2.16. The third-order valence-corrected chi connectivity index (χ3v) is 4.03. The molecule has 0 saturated heterocycles. The van der Waals surface area contributed by atoms with Crippen molar-refractivity contribution in [1.82, 2.24) is 15.1 Å². The van der Waals surface area contributed by atoms with Gasteiger partial charge in [-0.2, -0.15) is 5.10 Å². The van der Waals surface area contributed by atoms with Crippen LogP contribution < -0.4 is 5.32 Å². The standard InChI is InChI=1S/C16H21F2N3/c1-10-13(11(2)21(4)20-10)7-8-16(19-3)14-6-5-12(17)9-15(14)18/h5-6,9,16,19H,7-8H2,1-4H3. The number of nitrogens with one attached hydrogen (secondary N) is 1. The molecule has 1 aromatic carbocycles. The average molecular weight is 293 g/mol. The maximum atomic E-state index is 13.9. The molecular weight excluding hydrogens is 272 g/mol. The van der Waals surface area contributed by atoms with Gasteiger partial charge in [0.05, 0.1) is 5.69 Å². The Labute approximate surface area is 124 Å². The van der Waals surface area contributed by atoms with Gasteiger partial charge in [0.25, 0.3) is 0 Å². The lowest BCUT2D eigenvalue weighted by molar-refractivity contribution is 0.500. The summed E-state index contributed by atoms with van der Waals surface area (Å²) in [5, 5.41) is 7.49. The molecule has 2 rings (SSSR count). The molecule has 0 aliphatic carbocycles. The highest BCUT2D eigenvalue weighted by Gasteiger charge is 2.17. The van der Waals surface area contributed by atoms with Gasteiger partial charge < -0.3 is 5.32 Å². The van der Waals surface area contributed by atoms with Crippen molar-refractivity contribution in [3.63, 3.8) is 0 Å². The third kappa shape index (κ3) is 3.29. The average Bonchev–Trinajstić information content (AvgIpc) is 2.67. The van der Waals surface area contributed by atoms with E-state index >= 15 is 0 Å². The summed E-state index contributed by atoms with van der Waals surface area (Å²) in [6, 6.07) is 3.59. The second-order valence-electron chi connectivity index (χ2n) is 5.32. The molecule has 1 aromatic heterocycles. The van der Waals surface area contributed by atoms with Gasteiger partial charge in [0.2, 0.25) is 0 Å². The van der Waals surface area contributed by atoms with Crippen LogP contribution in [0.3, 0.4) is 0 Å². The molecule has 0 saturated carbocycles. The van der Waals surface area contributed by atoms with Crippen molar-refractivity contribution in [1.29, 1.82) is 0 Å². The second kappa shape index (κ2) is 6.35. The lowest BCUT2D eigenvalue weighted by Gasteiger charge is -2.17. The molecule has 0 aliphatic heterocycles. The summed E-state index contributed by atoms with van der Waals surface area (Å²) in [6.07, 6.45) is 1.53. The van der Waals surface area contributed by atoms with Crippen LogP contribution in [-0.4, -0.2) is 16.8 Å². The first-order valence-electron chi connectivity index (χ1n) is 7.05. The first kappa shape index (κ1) is 15.6. The first-order valence-corrected chi connectivity index (χ1v) is 7.05. The van der Waals surface area contributed by atoms with E-state index in [9.17, 15) is 8.78 Å². The Hall–Kier alpha value is -1.75. The molecule has 1 N–H and O–H groups in total. The molecule has 114 valence electrons. The summed E-state index contributed by atoms with van der Waals surface area (Å²) in [5.41, 5.74) is 3.82. The van der Waals surface area contributed by atoms with Gasteiger partial charge in [0.15, 0.2) is 0 Å². The fourth-order valence-electron chi connectivity index (χ4n) is 2.71. The summed E-state index contributed by atoms with van der Waals surface area (Å²) in [7, 11) is 3.71. The lowest BCUT2D eigenvalue weighted by Crippen LogP contribution is -2.18. The van der Waals surface area contributed by atoms with Gasteiger partial charge in [-0.1, -0.05) is 6.07 Å². The Morgan fingerprint density at radius 1 is 1.29 bits per heavy atom. The van der Waals surface area contributed by atoms with E-state index in [1.807, 2.05) is 25.6 Å². The van der Waals surface area contributed by atoms with Crippen LogP contribution in [-0.2, 0) is 13.5 Å². The van der Waals surface area contributed by atoms with Crippen molar-refractivity contribution in [3.8, 4) is 0 Å². The minimum Gasteiger partial charge on any atom is -0.313 e. The molecule has 3 nitrogen and oxygen atoms in total. The van der Waals surface area contributed by atoms with Gasteiger partial charge in [-0.15, -0.1) is 0 Å². The summed E-state index contributed by atoms with van der Waals surface area (Å²) in [5.74, 6) is -1.06. The Bertz CT molecular complexity index is 635. The van der Waals surface area contributed by atoms with Crippen molar-refractivity contribution >= 4 is 0 Å². The molecule has 1 heterocycles. The number of benzene rings is 1. The summed E-state index contributed by atoms with van der Waals surface area (Å²) < 4.78 is 28.7. The molecule has 2 aromatic rings. The van der Waals surface area contributed by atoms with E-state index < -0.39 is 11.6 Å². The fraction of sp³-hybridized carbons (Fsp3) is 0.438. The monoisotopic (exact) mass is 293 g/mol. The van der Waals surface area contributed by atoms with Crippen molar-refractivity contribution in [2.75, 3.05) is 7.05 Å². The minimum absolute atomic E-state index is 0.149. The Kier molecular flexibility index (Phi) is 4.73. The van der Waals surface area contributed by atoms with Gasteiger partial charge in [0.1, 0.15) is 11.6 Å². The van der Waals surface area contributed by atoms with Crippen LogP contribution >= 0.6 is 0 Å². The van der Waals surface area contributed by atoms with Crippen molar-refractivity contribution in [3.05, 3.63) is 52.3 Å². The molecule has 0 fully saturated rings. The van der Waals surface area contributed by atoms with E-state index in [1.54, 1.807) is 7.05 Å². The van der Waals surface area contributed by atoms with Crippen LogP contribution in [0.1, 0.15) is 35.0 Å². The van der Waals surface area contributed by atoms with Crippen molar-refractivity contribution in [2.45, 2.75) is 32.7 Å². The summed E-state index contributed by atoms with van der Waals surface area (Å²) in [6.45, 7) is 4.01. The second-order valence-corrected chi connectivity index (χ2v) is 5.32. The van der Waals surface area contributed by atoms with E-state index in [4.69, 9.17) is 0 Å². The van der Waals surface area contributed by atoms with E-state index in [2.05, 4.69) is 10.4 Å². The number of nitrogens with zero attached hydrogens (tertiary/aromatic N) is 2. The summed E-state index contributed by atoms with van der Waals surface area (Å²) >= 11 is 0. The minimum atomic E-state index is -0.551. The van der Waals surface area contributed by atoms with Crippen molar-refractivity contribution < 1.29 is 8.78 Å². The molecule has 21 heavy (non-hydrogen) atoms. The maximum absolute atomic E-state index is 13.9. The van der Waals surface area contributed by atoms with Gasteiger partial charge in [-0.3, -0.25) is 4.68 Å². The van der Waals surface area contributed by atoms with Crippen LogP contribution in [0.25, 0.3) is 0 Å². The van der Waals surface area contributed by atoms with Crippen molar-refractivity contribution in [2.24, 2.45) is 7.05 Å². The largest absolute Gasteiger partial charge is 0.313 e. The molecule has 0 radical (unpaired) electrons. The van der Waals surface area contributed by atoms with Gasteiger partial charge in [-0.25, -0.2) is 8.78 Å². The quantitative estimate of drug-likeness (QED) is 0.917. The zero-order valence-electron chi connectivity index (χ0n) is 12.9. The number of aryl methyl sites for hydroxylation is 2. The Morgan fingerprint density at radius 2 is 2.00 bits per heavy atom. The smallest absolute Gasteiger partial charge is 0.130 e. The van der Waals surface area contributed by atoms with Gasteiger partial charge in [-0.05, 0) is 45.4 Å². The molecule has 1 unspecified atom stereocenters. The van der Waals surface area contributed by atoms with Crippen LogP contribution in [0, 0.1) is 25.5 Å². The van der Waals surface area contributed by atoms with Crippen LogP contribution in [0.4, 0.5) is 8.78 Å². The number of hydrogen-bond acceptors (Lipinski definition) is 2. The van der Waals surface area contributed by atoms with E-state index in [1.165, 1.54) is 17.7 Å². The number of halogens is 2. The fourth-order valence-corrected chi connectivity index (χ4v) is 2.71. The maximum Gasteiger partial charge on any atom is 0.130 e. The van der Waals surface area contributed by atoms with Crippen LogP contribution in [0.2, 0.25) is 0 Å². The molecule has 0 bridgehead atoms. The van der Waals surface area contributed by atoms with E-state index in [0.29, 0.717) is 5.56 Å². The lowest BCUT2D eigenvalue weighted by atomic mass is 9.98. The highest BCUT2D eigenvalue weighted by molar-refractivity contribution is 5.26. The normalized spacial score (nSPS) is 12.7. The molecule has 0 spiro atoms. The zero-order chi connectivity index (χ0) is 15.6. The van der Waals surface area contributed by atoms with E-state index in [0.717, 1.165) is 30.3 Å². The molecule has 0 amide bonds. The highest BCUT2D eigenvalue weighted by atomic mass is 19.1. The number of aromatic nitrogens is 2. The molecular formula is C16H21F2N3. The predicted octanol–water partition coefficient (Wildman–Crippen LogP) is 3.21. The number of hydrogen-bond donors (Lipinski definition) is 1. The third-order valence-electron chi connectivity index (χ3n) is 4.03. The summed E-state index contributed by atoms with van der Waals surface area (Å²) in [4.78, 5) is 0. The predicted molar refractivity (Wildman–Crippen MR) is 79.2 cm³/mol. The van der Waals surface area contributed by atoms with Crippen LogP contribution in [0.15, 0.2) is 18.2 Å². The molecule has 1 atom stereocenters. The zero-order valence-corrected chi connectivity index (χ0v) is 12.9. The van der Waals surface area contributed by atoms with Crippen LogP contribution in [0.5, 0.6) is 0 Å². The first-order chi connectivity index (χ1) is 9.93. The highest BCUT2D eigenvalue weighted by Crippen LogP contribution is 2.24. The topological polar surface area (TPSA) is 29.9 Å². The van der Waals surface area contributed by atoms with Gasteiger partial charge in [0, 0.05) is 30.4 Å².